The molecule has 4 aromatic heterocycles. The summed E-state index contributed by atoms with van der Waals surface area (Å²) in [7, 11) is 0. The first-order valence-corrected chi connectivity index (χ1v) is 39.7. The summed E-state index contributed by atoms with van der Waals surface area (Å²) >= 11 is 7.28. The van der Waals surface area contributed by atoms with Crippen LogP contribution in [0.4, 0.5) is 0 Å². The maximum atomic E-state index is 14.9. The third kappa shape index (κ3) is 11.8. The number of hydrogen-bond acceptors (Lipinski definition) is 8. The number of ketones is 2. The van der Waals surface area contributed by atoms with Gasteiger partial charge in [-0.25, -0.2) is 20.2 Å². The van der Waals surface area contributed by atoms with Gasteiger partial charge in [0.05, 0.1) is 60.1 Å². The lowest BCUT2D eigenvalue weighted by atomic mass is 9.67. The van der Waals surface area contributed by atoms with Crippen LogP contribution in [0, 0.1) is 41.7 Å². The van der Waals surface area contributed by atoms with E-state index in [4.69, 9.17) is 13.1 Å². The number of carbonyl (C=O) groups excluding carboxylic acids is 2. The van der Waals surface area contributed by atoms with E-state index in [9.17, 15) is 20.1 Å². The summed E-state index contributed by atoms with van der Waals surface area (Å²) in [5.74, 6) is -0.936. The van der Waals surface area contributed by atoms with Gasteiger partial charge in [-0.3, -0.25) is 9.59 Å². The van der Waals surface area contributed by atoms with Crippen LogP contribution in [0.15, 0.2) is 175 Å². The molecule has 4 heterocycles. The molecule has 10 aromatic rings. The minimum Gasteiger partial charge on any atom is -0.294 e. The smallest absolute Gasteiger partial charge is 0.270 e. The molecule has 6 aromatic carbocycles. The Morgan fingerprint density at radius 3 is 1.28 bits per heavy atom. The van der Waals surface area contributed by atoms with Gasteiger partial charge in [-0.05, 0) is 148 Å². The number of fused-ring (bicyclic) bond motifs is 11. The molecule has 6 nitrogen and oxygen atoms in total. The van der Waals surface area contributed by atoms with Crippen LogP contribution in [-0.2, 0) is 42.9 Å². The summed E-state index contributed by atoms with van der Waals surface area (Å²) in [5.41, 5.74) is 16.8. The quantitative estimate of drug-likeness (QED) is 0.0222. The van der Waals surface area contributed by atoms with E-state index in [1.165, 1.54) is 162 Å². The van der Waals surface area contributed by atoms with Crippen molar-refractivity contribution in [3.05, 3.63) is 296 Å². The number of rotatable bonds is 27. The Bertz CT molecular complexity index is 4920. The first kappa shape index (κ1) is 68.1. The van der Waals surface area contributed by atoms with Gasteiger partial charge >= 0.3 is 0 Å². The van der Waals surface area contributed by atoms with Gasteiger partial charge in [0.15, 0.2) is 11.6 Å². The molecular weight excluding hydrogens is 1300 g/mol. The molecule has 1 unspecified atom stereocenters. The first-order chi connectivity index (χ1) is 49.1. The number of aryl methyl sites for hydroxylation is 4. The molecule has 0 saturated heterocycles. The molecule has 0 bridgehead atoms. The van der Waals surface area contributed by atoms with Crippen LogP contribution in [0.3, 0.4) is 0 Å². The average molecular weight is 1380 g/mol. The molecule has 0 saturated carbocycles. The minimum absolute atomic E-state index is 0.0302. The number of benzene rings is 6. The average Bonchev–Trinajstić information content (AvgIpc) is 1.49. The lowest BCUT2D eigenvalue weighted by molar-refractivity contribution is 0.0957. The molecule has 1 atom stereocenters. The maximum absolute atomic E-state index is 14.9. The van der Waals surface area contributed by atoms with Gasteiger partial charge in [0.25, 0.3) is 11.4 Å². The summed E-state index contributed by atoms with van der Waals surface area (Å²) in [6, 6.07) is 62.2. The summed E-state index contributed by atoms with van der Waals surface area (Å²) in [5, 5.41) is 21.1. The van der Waals surface area contributed by atoms with Crippen LogP contribution < -0.4 is 0 Å². The maximum Gasteiger partial charge on any atom is 0.270 e. The van der Waals surface area contributed by atoms with Gasteiger partial charge < -0.3 is 0 Å². The highest BCUT2D eigenvalue weighted by atomic mass is 32.1. The van der Waals surface area contributed by atoms with Crippen molar-refractivity contribution in [3.8, 4) is 31.6 Å². The van der Waals surface area contributed by atoms with Crippen molar-refractivity contribution in [3.63, 3.8) is 0 Å². The fraction of sp³-hybridized carbons (Fsp3) is 0.311. The third-order valence-electron chi connectivity index (χ3n) is 21.6. The molecule has 0 N–H and O–H groups in total. The van der Waals surface area contributed by atoms with Crippen LogP contribution in [0.5, 0.6) is 0 Å². The number of unbranched alkanes of at least 4 members (excludes halogenated alkanes) is 12. The highest BCUT2D eigenvalue weighted by Crippen LogP contribution is 2.70. The molecule has 0 spiro atoms. The monoisotopic (exact) mass is 1380 g/mol. The number of allylic oxidation sites excluding steroid dienone is 5. The van der Waals surface area contributed by atoms with E-state index in [-0.39, 0.29) is 23.0 Å². The van der Waals surface area contributed by atoms with E-state index >= 15 is 0 Å². The van der Waals surface area contributed by atoms with E-state index in [2.05, 4.69) is 159 Å². The molecule has 4 aliphatic rings. The lowest BCUT2D eigenvalue weighted by Crippen LogP contribution is -2.29. The zero-order valence-electron chi connectivity index (χ0n) is 57.8. The molecule has 14 rings (SSSR count). The molecule has 0 amide bonds. The van der Waals surface area contributed by atoms with Crippen molar-refractivity contribution in [2.75, 3.05) is 0 Å². The van der Waals surface area contributed by atoms with Gasteiger partial charge in [-0.1, -0.05) is 250 Å². The summed E-state index contributed by atoms with van der Waals surface area (Å²) in [6.07, 6.45) is 25.2. The molecular formula is C90H82N4O2S4. The predicted octanol–water partition coefficient (Wildman–Crippen LogP) is 24.9. The van der Waals surface area contributed by atoms with Crippen molar-refractivity contribution in [1.82, 2.24) is 0 Å². The van der Waals surface area contributed by atoms with Crippen molar-refractivity contribution in [1.29, 1.82) is 10.5 Å². The van der Waals surface area contributed by atoms with E-state index in [0.29, 0.717) is 45.4 Å². The second kappa shape index (κ2) is 29.6. The van der Waals surface area contributed by atoms with Crippen molar-refractivity contribution >= 4 is 83.5 Å². The molecule has 4 aliphatic carbocycles. The van der Waals surface area contributed by atoms with Crippen LogP contribution in [-0.4, -0.2) is 11.6 Å². The summed E-state index contributed by atoms with van der Waals surface area (Å²) < 4.78 is 2.49. The first-order valence-electron chi connectivity index (χ1n) is 36.4. The zero-order valence-corrected chi connectivity index (χ0v) is 61.0. The Morgan fingerprint density at radius 1 is 0.460 bits per heavy atom. The van der Waals surface area contributed by atoms with Gasteiger partial charge in [0.1, 0.15) is 0 Å². The van der Waals surface area contributed by atoms with E-state index in [0.717, 1.165) is 71.6 Å². The predicted molar refractivity (Wildman–Crippen MR) is 416 cm³/mol. The number of nitrogens with zero attached hydrogens (tertiary/aromatic N) is 4. The second-order valence-corrected chi connectivity index (χ2v) is 31.9. The molecule has 0 radical (unpaired) electrons. The Hall–Kier alpha value is -9.10. The number of carbonyl (C=O) groups is 2. The Kier molecular flexibility index (Phi) is 20.2. The van der Waals surface area contributed by atoms with Gasteiger partial charge in [0.2, 0.25) is 0 Å². The third-order valence-corrected chi connectivity index (χ3v) is 26.7. The topological polar surface area (TPSA) is 90.4 Å². The summed E-state index contributed by atoms with van der Waals surface area (Å²) in [4.78, 5) is 43.8. The molecule has 0 fully saturated rings. The van der Waals surface area contributed by atoms with Crippen LogP contribution in [0.25, 0.3) is 55.8 Å². The van der Waals surface area contributed by atoms with Crippen LogP contribution in [0.2, 0.25) is 0 Å². The standard InChI is InChI=1S/C90H82N4O2S4/c1-7-11-15-19-27-57-35-43-61(44-36-57)89(62-45-37-58(38-46-62)28-20-16-12-8-2)73-53-65(51-71-77(75(55-91)93-5)67-31-23-25-33-69(67)81(71)95)97-83(73)85-79(89)87-88(99-85)80-86(100-87)84-74(54-66(98-84)52-72-78(76(56-92)94-6)68-32-24-26-34-70(68)82(72)96)90(80,63-47-39-59(40-48-63)29-21-17-13-9-3)64-49-41-60(42-50-64)30-22-18-14-10-4/h23-26,31-51,53-54,72H,7-22,27-30,52H2,1-4H3/b71-51-,77-75-,78-76+. The molecule has 498 valence electrons. The number of nitriles is 2. The Labute approximate surface area is 606 Å². The fourth-order valence-corrected chi connectivity index (χ4v) is 22.4. The van der Waals surface area contributed by atoms with Gasteiger partial charge in [-0.2, -0.15) is 0 Å². The van der Waals surface area contributed by atoms with Crippen molar-refractivity contribution < 1.29 is 9.59 Å². The van der Waals surface area contributed by atoms with Crippen LogP contribution >= 0.6 is 45.3 Å². The van der Waals surface area contributed by atoms with E-state index in [1.54, 1.807) is 28.7 Å². The zero-order chi connectivity index (χ0) is 69.1. The number of thiophene rings is 4. The highest BCUT2D eigenvalue weighted by Gasteiger charge is 2.55. The fourth-order valence-electron chi connectivity index (χ4n) is 16.6. The van der Waals surface area contributed by atoms with Gasteiger partial charge in [-0.15, -0.1) is 45.3 Å². The number of hydrogen-bond donors (Lipinski definition) is 0. The Balaban J connectivity index is 1.04. The highest BCUT2D eigenvalue weighted by molar-refractivity contribution is 7.34. The van der Waals surface area contributed by atoms with E-state index in [1.807, 2.05) is 71.2 Å². The molecule has 0 aliphatic heterocycles. The van der Waals surface area contributed by atoms with E-state index < -0.39 is 16.7 Å². The molecule has 10 heteroatoms. The number of Topliss-reactive ketones (excluding diaryl/α,β-unsaturated/α-hetero) is 2. The van der Waals surface area contributed by atoms with Crippen molar-refractivity contribution in [2.24, 2.45) is 5.92 Å². The molecule has 100 heavy (non-hydrogen) atoms. The van der Waals surface area contributed by atoms with Crippen molar-refractivity contribution in [2.45, 2.75) is 173 Å². The SMILES string of the molecule is [C-]#[N+]/C(C#N)=C1\C(=C\c2cc3c(s2)-c2sc4c5c(sc4c2C3(c2ccc(CCCCCC)cc2)c2ccc(CCCCCC)cc2)-c2sc(CC3C(=O)c4ccccc4/C3=C(/C#N)[N+]#[C-])cc2C5(c2ccc(CCCCCC)cc2)c2ccc(CCCCCC)cc2)C(=O)c2ccccc21. The Morgan fingerprint density at radius 2 is 0.860 bits per heavy atom. The van der Waals surface area contributed by atoms with Gasteiger partial charge in [0, 0.05) is 53.9 Å². The lowest BCUT2D eigenvalue weighted by Gasteiger charge is -2.34. The normalized spacial score (nSPS) is 16.4. The van der Waals surface area contributed by atoms with Crippen LogP contribution in [0.1, 0.15) is 239 Å². The minimum atomic E-state index is -0.835. The summed E-state index contributed by atoms with van der Waals surface area (Å²) in [6.45, 7) is 25.5. The second-order valence-electron chi connectivity index (χ2n) is 27.7. The largest absolute Gasteiger partial charge is 0.294 e.